The highest BCUT2D eigenvalue weighted by atomic mass is 19.3. The molecule has 2 nitrogen and oxygen atoms in total. The molecule has 0 rings (SSSR count). The molecular weight excluding hydrogens is 168 g/mol. The normalized spacial score (nSPS) is 12.9. The van der Waals surface area contributed by atoms with E-state index in [0.29, 0.717) is 6.92 Å². The van der Waals surface area contributed by atoms with Crippen LogP contribution in [0.4, 0.5) is 17.6 Å². The van der Waals surface area contributed by atoms with Crippen molar-refractivity contribution in [1.82, 2.24) is 0 Å². The van der Waals surface area contributed by atoms with E-state index >= 15 is 0 Å². The van der Waals surface area contributed by atoms with Crippen molar-refractivity contribution in [2.24, 2.45) is 0 Å². The fourth-order valence-corrected chi connectivity index (χ4v) is 0.255. The molecule has 0 bridgehead atoms. The maximum Gasteiger partial charge on any atom is 0.466 e. The van der Waals surface area contributed by atoms with E-state index in [4.69, 9.17) is 0 Å². The zero-order valence-corrected chi connectivity index (χ0v) is 5.54. The maximum absolute atomic E-state index is 11.9. The van der Waals surface area contributed by atoms with Crippen LogP contribution in [0.25, 0.3) is 0 Å². The van der Waals surface area contributed by atoms with Crippen molar-refractivity contribution in [2.45, 2.75) is 19.0 Å². The lowest BCUT2D eigenvalue weighted by Gasteiger charge is -2.20. The van der Waals surface area contributed by atoms with E-state index in [1.54, 1.807) is 0 Å². The number of ether oxygens (including phenoxy) is 1. The minimum atomic E-state index is -4.83. The van der Waals surface area contributed by atoms with E-state index < -0.39 is 18.0 Å². The van der Waals surface area contributed by atoms with Crippen LogP contribution in [0.1, 0.15) is 6.92 Å². The molecule has 0 aromatic heterocycles. The second-order valence-electron chi connectivity index (χ2n) is 1.81. The van der Waals surface area contributed by atoms with Crippen molar-refractivity contribution in [3.8, 4) is 0 Å². The fraction of sp³-hybridized carbons (Fsp3) is 0.600. The quantitative estimate of drug-likeness (QED) is 0.468. The Bertz CT molecular complexity index is 160. The van der Waals surface area contributed by atoms with Crippen molar-refractivity contribution in [3.63, 3.8) is 0 Å². The van der Waals surface area contributed by atoms with Crippen LogP contribution in [0.15, 0.2) is 0 Å². The van der Waals surface area contributed by atoms with Gasteiger partial charge in [-0.2, -0.15) is 17.6 Å². The van der Waals surface area contributed by atoms with Gasteiger partial charge in [0, 0.05) is 13.8 Å². The first-order chi connectivity index (χ1) is 4.67. The van der Waals surface area contributed by atoms with Crippen LogP contribution in [0.2, 0.25) is 0 Å². The van der Waals surface area contributed by atoms with Crippen molar-refractivity contribution < 1.29 is 27.1 Å². The Balaban J connectivity index is 4.34. The molecule has 0 aromatic rings. The number of halogens is 4. The first-order valence-corrected chi connectivity index (χ1v) is 2.47. The number of hydrogen-bond donors (Lipinski definition) is 0. The molecule has 0 aliphatic rings. The van der Waals surface area contributed by atoms with Gasteiger partial charge in [-0.05, 0) is 0 Å². The Morgan fingerprint density at radius 3 is 1.82 bits per heavy atom. The van der Waals surface area contributed by atoms with Crippen molar-refractivity contribution in [1.29, 1.82) is 0 Å². The Hall–Kier alpha value is -0.810. The molecule has 0 unspecified atom stereocenters. The lowest BCUT2D eigenvalue weighted by atomic mass is 10.4. The van der Waals surface area contributed by atoms with Gasteiger partial charge in [0.15, 0.2) is 0 Å². The molecule has 0 aromatic carbocycles. The number of carbonyl (C=O) groups is 1. The summed E-state index contributed by atoms with van der Waals surface area (Å²) in [6.45, 7) is 2.43. The summed E-state index contributed by atoms with van der Waals surface area (Å²) < 4.78 is 50.3. The summed E-state index contributed by atoms with van der Waals surface area (Å²) >= 11 is 0. The van der Waals surface area contributed by atoms with Gasteiger partial charge in [0.2, 0.25) is 0 Å². The Morgan fingerprint density at radius 1 is 1.36 bits per heavy atom. The van der Waals surface area contributed by atoms with Crippen LogP contribution >= 0.6 is 0 Å². The molecule has 0 aliphatic heterocycles. The molecule has 0 heterocycles. The SMILES string of the molecule is [CH2]C(F)(F)C(F)(F)OC(C)=O. The van der Waals surface area contributed by atoms with Gasteiger partial charge in [-0.25, -0.2) is 0 Å². The Kier molecular flexibility index (Phi) is 2.47. The van der Waals surface area contributed by atoms with Gasteiger partial charge in [-0.3, -0.25) is 4.79 Å². The smallest absolute Gasteiger partial charge is 0.396 e. The third-order valence-corrected chi connectivity index (χ3v) is 0.698. The van der Waals surface area contributed by atoms with Crippen LogP contribution in [-0.4, -0.2) is 18.0 Å². The molecule has 0 saturated carbocycles. The Morgan fingerprint density at radius 2 is 1.73 bits per heavy atom. The van der Waals surface area contributed by atoms with Crippen LogP contribution in [0, 0.1) is 6.92 Å². The third-order valence-electron chi connectivity index (χ3n) is 0.698. The average Bonchev–Trinajstić information content (AvgIpc) is 1.56. The molecule has 0 aliphatic carbocycles. The van der Waals surface area contributed by atoms with Gasteiger partial charge in [-0.1, -0.05) is 0 Å². The monoisotopic (exact) mass is 173 g/mol. The first kappa shape index (κ1) is 10.2. The molecule has 65 valence electrons. The summed E-state index contributed by atoms with van der Waals surface area (Å²) in [5, 5.41) is 0. The van der Waals surface area contributed by atoms with Crippen LogP contribution in [0.5, 0.6) is 0 Å². The van der Waals surface area contributed by atoms with E-state index in [1.165, 1.54) is 0 Å². The molecular formula is C5H5F4O2. The third kappa shape index (κ3) is 2.73. The van der Waals surface area contributed by atoms with Gasteiger partial charge in [-0.15, -0.1) is 0 Å². The molecule has 0 saturated heterocycles. The van der Waals surface area contributed by atoms with Crippen LogP contribution in [-0.2, 0) is 9.53 Å². The molecule has 0 fully saturated rings. The molecule has 6 heteroatoms. The summed E-state index contributed by atoms with van der Waals surface area (Å²) in [6.07, 6.45) is -4.83. The summed E-state index contributed by atoms with van der Waals surface area (Å²) in [5.74, 6) is -6.09. The predicted octanol–water partition coefficient (Wildman–Crippen LogP) is 1.61. The lowest BCUT2D eigenvalue weighted by Crippen LogP contribution is -2.41. The molecule has 0 atom stereocenters. The minimum absolute atomic E-state index is 0.597. The van der Waals surface area contributed by atoms with E-state index in [0.717, 1.165) is 0 Å². The van der Waals surface area contributed by atoms with E-state index in [9.17, 15) is 22.4 Å². The number of hydrogen-bond acceptors (Lipinski definition) is 2. The number of carbonyl (C=O) groups excluding carboxylic acids is 1. The number of alkyl halides is 4. The largest absolute Gasteiger partial charge is 0.466 e. The van der Waals surface area contributed by atoms with Crippen molar-refractivity contribution >= 4 is 5.97 Å². The van der Waals surface area contributed by atoms with Crippen molar-refractivity contribution in [2.75, 3.05) is 0 Å². The maximum atomic E-state index is 11.9. The number of esters is 1. The molecule has 0 spiro atoms. The topological polar surface area (TPSA) is 26.3 Å². The summed E-state index contributed by atoms with van der Waals surface area (Å²) in [5.41, 5.74) is 0. The minimum Gasteiger partial charge on any atom is -0.396 e. The highest BCUT2D eigenvalue weighted by molar-refractivity contribution is 5.66. The van der Waals surface area contributed by atoms with Gasteiger partial charge in [0.25, 0.3) is 0 Å². The highest BCUT2D eigenvalue weighted by Gasteiger charge is 2.56. The standard InChI is InChI=1S/C5H5F4O2/c1-3(10)11-5(8,9)4(2,6)7/h2H2,1H3. The molecule has 0 amide bonds. The second kappa shape index (κ2) is 2.67. The molecule has 11 heavy (non-hydrogen) atoms. The highest BCUT2D eigenvalue weighted by Crippen LogP contribution is 2.34. The lowest BCUT2D eigenvalue weighted by molar-refractivity contribution is -0.314. The first-order valence-electron chi connectivity index (χ1n) is 2.47. The summed E-state index contributed by atoms with van der Waals surface area (Å²) in [4.78, 5) is 9.84. The second-order valence-corrected chi connectivity index (χ2v) is 1.81. The van der Waals surface area contributed by atoms with E-state index in [2.05, 4.69) is 4.74 Å². The zero-order chi connectivity index (χ0) is 9.28. The summed E-state index contributed by atoms with van der Waals surface area (Å²) in [7, 11) is 0. The zero-order valence-electron chi connectivity index (χ0n) is 5.54. The summed E-state index contributed by atoms with van der Waals surface area (Å²) in [6, 6.07) is 0. The van der Waals surface area contributed by atoms with Crippen LogP contribution in [0.3, 0.4) is 0 Å². The molecule has 0 N–H and O–H groups in total. The predicted molar refractivity (Wildman–Crippen MR) is 27.0 cm³/mol. The average molecular weight is 173 g/mol. The van der Waals surface area contributed by atoms with Gasteiger partial charge < -0.3 is 4.74 Å². The van der Waals surface area contributed by atoms with E-state index in [-0.39, 0.29) is 0 Å². The van der Waals surface area contributed by atoms with Crippen molar-refractivity contribution in [3.05, 3.63) is 6.92 Å². The fourth-order valence-electron chi connectivity index (χ4n) is 0.255. The Labute approximate surface area is 60.1 Å². The van der Waals surface area contributed by atoms with Crippen LogP contribution < -0.4 is 0 Å². The number of rotatable bonds is 2. The van der Waals surface area contributed by atoms with Gasteiger partial charge >= 0.3 is 18.0 Å². The van der Waals surface area contributed by atoms with Gasteiger partial charge in [0.05, 0.1) is 0 Å². The van der Waals surface area contributed by atoms with E-state index in [1.807, 2.05) is 6.92 Å². The van der Waals surface area contributed by atoms with Gasteiger partial charge in [0.1, 0.15) is 0 Å². The molecule has 1 radical (unpaired) electrons.